The topological polar surface area (TPSA) is 54.4 Å². The number of nitrogens with zero attached hydrogens (tertiary/aromatic N) is 2. The summed E-state index contributed by atoms with van der Waals surface area (Å²) in [5.41, 5.74) is 3.86. The molecule has 0 atom stereocenters. The predicted molar refractivity (Wildman–Crippen MR) is 122 cm³/mol. The summed E-state index contributed by atoms with van der Waals surface area (Å²) in [6.07, 6.45) is 3.74. The number of amidine groups is 1. The van der Waals surface area contributed by atoms with E-state index in [1.54, 1.807) is 11.3 Å². The molecule has 1 saturated heterocycles. The molecule has 0 radical (unpaired) electrons. The normalized spacial score (nSPS) is 16.6. The van der Waals surface area contributed by atoms with Gasteiger partial charge in [-0.05, 0) is 65.2 Å². The number of aromatic nitrogens is 1. The number of hydrogen-bond donors (Lipinski definition) is 1. The summed E-state index contributed by atoms with van der Waals surface area (Å²) in [6.45, 7) is 0. The summed E-state index contributed by atoms with van der Waals surface area (Å²) in [7, 11) is 0. The van der Waals surface area contributed by atoms with Gasteiger partial charge in [0.1, 0.15) is 0 Å². The molecule has 1 amide bonds. The van der Waals surface area contributed by atoms with Crippen molar-refractivity contribution in [2.45, 2.75) is 0 Å². The molecule has 3 heterocycles. The zero-order valence-electron chi connectivity index (χ0n) is 15.2. The standard InChI is InChI=1S/C23H15N3OS2/c27-22-21(29-23(26-22)25-16-5-2-1-3-6-16)14-15-8-9-19-18(13-15)17(10-11-24-19)20-7-4-12-28-20/h1-14H,(H,25,26,27)/b21-14-. The second kappa shape index (κ2) is 7.66. The Labute approximate surface area is 176 Å². The third-order valence-electron chi connectivity index (χ3n) is 4.49. The Kier molecular flexibility index (Phi) is 4.71. The summed E-state index contributed by atoms with van der Waals surface area (Å²) in [5, 5.41) is 6.58. The van der Waals surface area contributed by atoms with Crippen LogP contribution in [0.2, 0.25) is 0 Å². The van der Waals surface area contributed by atoms with Crippen LogP contribution in [0.3, 0.4) is 0 Å². The van der Waals surface area contributed by atoms with Crippen molar-refractivity contribution in [2.24, 2.45) is 4.99 Å². The van der Waals surface area contributed by atoms with E-state index < -0.39 is 0 Å². The Hall–Kier alpha value is -3.22. The molecule has 1 N–H and O–H groups in total. The minimum absolute atomic E-state index is 0.130. The summed E-state index contributed by atoms with van der Waals surface area (Å²) >= 11 is 3.06. The van der Waals surface area contributed by atoms with E-state index in [1.807, 2.05) is 66.9 Å². The number of benzene rings is 2. The fourth-order valence-electron chi connectivity index (χ4n) is 3.15. The first kappa shape index (κ1) is 17.8. The molecule has 5 rings (SSSR count). The number of amides is 1. The Balaban J connectivity index is 1.50. The van der Waals surface area contributed by atoms with Crippen LogP contribution >= 0.6 is 23.1 Å². The first-order valence-corrected chi connectivity index (χ1v) is 10.7. The number of hydrogen-bond acceptors (Lipinski definition) is 5. The number of rotatable bonds is 3. The second-order valence-corrected chi connectivity index (χ2v) is 8.41. The highest BCUT2D eigenvalue weighted by molar-refractivity contribution is 8.18. The molecule has 29 heavy (non-hydrogen) atoms. The van der Waals surface area contributed by atoms with Crippen molar-refractivity contribution in [3.63, 3.8) is 0 Å². The highest BCUT2D eigenvalue weighted by Gasteiger charge is 2.23. The summed E-state index contributed by atoms with van der Waals surface area (Å²) < 4.78 is 0. The quantitative estimate of drug-likeness (QED) is 0.428. The van der Waals surface area contributed by atoms with E-state index in [1.165, 1.54) is 16.6 Å². The largest absolute Gasteiger partial charge is 0.300 e. The summed E-state index contributed by atoms with van der Waals surface area (Å²) in [6, 6.07) is 21.9. The van der Waals surface area contributed by atoms with Gasteiger partial charge in [-0.2, -0.15) is 0 Å². The molecule has 0 spiro atoms. The zero-order chi connectivity index (χ0) is 19.6. The first-order chi connectivity index (χ1) is 14.3. The third-order valence-corrected chi connectivity index (χ3v) is 6.30. The molecule has 0 aliphatic carbocycles. The minimum Gasteiger partial charge on any atom is -0.300 e. The van der Waals surface area contributed by atoms with Gasteiger partial charge >= 0.3 is 0 Å². The maximum atomic E-state index is 12.4. The second-order valence-electron chi connectivity index (χ2n) is 6.43. The molecule has 0 saturated carbocycles. The van der Waals surface area contributed by atoms with Crippen LogP contribution < -0.4 is 5.32 Å². The van der Waals surface area contributed by atoms with E-state index in [0.29, 0.717) is 10.1 Å². The van der Waals surface area contributed by atoms with Crippen molar-refractivity contribution in [1.29, 1.82) is 0 Å². The predicted octanol–water partition coefficient (Wildman–Crippen LogP) is 5.85. The van der Waals surface area contributed by atoms with Crippen molar-refractivity contribution < 1.29 is 4.79 Å². The van der Waals surface area contributed by atoms with E-state index in [9.17, 15) is 4.79 Å². The maximum absolute atomic E-state index is 12.4. The highest BCUT2D eigenvalue weighted by atomic mass is 32.2. The maximum Gasteiger partial charge on any atom is 0.264 e. The molecule has 2 aromatic carbocycles. The zero-order valence-corrected chi connectivity index (χ0v) is 16.8. The van der Waals surface area contributed by atoms with Crippen molar-refractivity contribution in [1.82, 2.24) is 10.3 Å². The van der Waals surface area contributed by atoms with Crippen LogP contribution in [0.15, 0.2) is 88.2 Å². The molecule has 140 valence electrons. The molecule has 4 aromatic rings. The first-order valence-electron chi connectivity index (χ1n) is 9.03. The van der Waals surface area contributed by atoms with Gasteiger partial charge in [-0.3, -0.25) is 9.78 Å². The lowest BCUT2D eigenvalue weighted by Crippen LogP contribution is -2.19. The molecule has 6 heteroatoms. The number of thioether (sulfide) groups is 1. The fraction of sp³-hybridized carbons (Fsp3) is 0. The number of carbonyl (C=O) groups is 1. The van der Waals surface area contributed by atoms with Crippen LogP contribution in [0.5, 0.6) is 0 Å². The summed E-state index contributed by atoms with van der Waals surface area (Å²) in [5.74, 6) is -0.130. The molecular formula is C23H15N3OS2. The van der Waals surface area contributed by atoms with Gasteiger partial charge in [-0.15, -0.1) is 11.3 Å². The molecule has 1 aliphatic heterocycles. The van der Waals surface area contributed by atoms with Crippen LogP contribution in [0.4, 0.5) is 5.69 Å². The molecule has 4 nitrogen and oxygen atoms in total. The number of pyridine rings is 1. The Morgan fingerprint density at radius 1 is 1.00 bits per heavy atom. The van der Waals surface area contributed by atoms with Crippen LogP contribution in [0.25, 0.3) is 27.4 Å². The van der Waals surface area contributed by atoms with Gasteiger partial charge in [0.25, 0.3) is 5.91 Å². The number of fused-ring (bicyclic) bond motifs is 1. The highest BCUT2D eigenvalue weighted by Crippen LogP contribution is 2.33. The van der Waals surface area contributed by atoms with Crippen LogP contribution in [-0.4, -0.2) is 16.1 Å². The Morgan fingerprint density at radius 2 is 1.90 bits per heavy atom. The van der Waals surface area contributed by atoms with Gasteiger partial charge in [0.2, 0.25) is 0 Å². The molecule has 1 aliphatic rings. The van der Waals surface area contributed by atoms with E-state index in [2.05, 4.69) is 32.8 Å². The van der Waals surface area contributed by atoms with Crippen molar-refractivity contribution in [3.8, 4) is 10.4 Å². The average molecular weight is 414 g/mol. The Bertz CT molecular complexity index is 1260. The van der Waals surface area contributed by atoms with Gasteiger partial charge < -0.3 is 5.32 Å². The van der Waals surface area contributed by atoms with E-state index >= 15 is 0 Å². The van der Waals surface area contributed by atoms with Crippen molar-refractivity contribution >= 4 is 56.8 Å². The lowest BCUT2D eigenvalue weighted by Gasteiger charge is -2.05. The average Bonchev–Trinajstić information content (AvgIpc) is 3.39. The third kappa shape index (κ3) is 3.72. The number of thiophene rings is 1. The van der Waals surface area contributed by atoms with Gasteiger partial charge in [-0.25, -0.2) is 4.99 Å². The lowest BCUT2D eigenvalue weighted by molar-refractivity contribution is -0.115. The van der Waals surface area contributed by atoms with Gasteiger partial charge in [0, 0.05) is 22.0 Å². The van der Waals surface area contributed by atoms with Crippen LogP contribution in [0, 0.1) is 0 Å². The number of carbonyl (C=O) groups excluding carboxylic acids is 1. The minimum atomic E-state index is -0.130. The molecule has 1 fully saturated rings. The molecule has 0 unspecified atom stereocenters. The summed E-state index contributed by atoms with van der Waals surface area (Å²) in [4.78, 5) is 23.2. The van der Waals surface area contributed by atoms with Gasteiger partial charge in [0.15, 0.2) is 5.17 Å². The van der Waals surface area contributed by atoms with Gasteiger partial charge in [-0.1, -0.05) is 30.3 Å². The smallest absolute Gasteiger partial charge is 0.264 e. The van der Waals surface area contributed by atoms with Crippen LogP contribution in [-0.2, 0) is 4.79 Å². The van der Waals surface area contributed by atoms with Gasteiger partial charge in [0.05, 0.1) is 16.1 Å². The van der Waals surface area contributed by atoms with E-state index in [4.69, 9.17) is 0 Å². The number of nitrogens with one attached hydrogen (secondary N) is 1. The molecule has 0 bridgehead atoms. The monoisotopic (exact) mass is 413 g/mol. The Morgan fingerprint density at radius 3 is 2.72 bits per heavy atom. The van der Waals surface area contributed by atoms with Crippen LogP contribution in [0.1, 0.15) is 5.56 Å². The number of aliphatic imine (C=N–C) groups is 1. The van der Waals surface area contributed by atoms with Crippen molar-refractivity contribution in [3.05, 3.63) is 88.8 Å². The number of para-hydroxylation sites is 1. The lowest BCUT2D eigenvalue weighted by atomic mass is 10.0. The van der Waals surface area contributed by atoms with E-state index in [0.717, 1.165) is 27.7 Å². The van der Waals surface area contributed by atoms with E-state index in [-0.39, 0.29) is 5.91 Å². The SMILES string of the molecule is O=C1NC(=Nc2ccccc2)S/C1=C\c1ccc2nccc(-c3cccs3)c2c1. The fourth-order valence-corrected chi connectivity index (χ4v) is 4.76. The van der Waals surface area contributed by atoms with Crippen molar-refractivity contribution in [2.75, 3.05) is 0 Å². The molecular weight excluding hydrogens is 398 g/mol. The molecule has 2 aromatic heterocycles.